The summed E-state index contributed by atoms with van der Waals surface area (Å²) in [4.78, 5) is 18.6. The van der Waals surface area contributed by atoms with Crippen molar-refractivity contribution in [2.24, 2.45) is 0 Å². The van der Waals surface area contributed by atoms with Crippen molar-refractivity contribution in [1.82, 2.24) is 9.88 Å². The molecule has 0 bridgehead atoms. The van der Waals surface area contributed by atoms with E-state index in [1.807, 2.05) is 13.0 Å². The molecule has 2 heterocycles. The van der Waals surface area contributed by atoms with Crippen LogP contribution < -0.4 is 5.32 Å². The van der Waals surface area contributed by atoms with Gasteiger partial charge >= 0.3 is 0 Å². The fraction of sp³-hybridized carbons (Fsp3) is 0.333. The lowest BCUT2D eigenvalue weighted by Gasteiger charge is -2.27. The lowest BCUT2D eigenvalue weighted by molar-refractivity contribution is 0.0302. The van der Waals surface area contributed by atoms with E-state index in [4.69, 9.17) is 39.5 Å². The van der Waals surface area contributed by atoms with Gasteiger partial charge in [0.05, 0.1) is 29.8 Å². The topological polar surface area (TPSA) is 54.5 Å². The van der Waals surface area contributed by atoms with Crippen molar-refractivity contribution < 1.29 is 9.53 Å². The SMILES string of the molecule is C[C@H](Nc1ncc(C(=O)N2CCOCC2)cc1Cl)c1ccc(Cl)cc1Cl. The smallest absolute Gasteiger partial charge is 0.255 e. The van der Waals surface area contributed by atoms with Gasteiger partial charge in [-0.25, -0.2) is 4.98 Å². The van der Waals surface area contributed by atoms with Crippen molar-refractivity contribution in [1.29, 1.82) is 0 Å². The molecule has 1 aromatic heterocycles. The molecule has 3 rings (SSSR count). The molecule has 1 saturated heterocycles. The Balaban J connectivity index is 1.74. The number of halogens is 3. The van der Waals surface area contributed by atoms with Crippen LogP contribution in [0.4, 0.5) is 5.82 Å². The molecule has 0 spiro atoms. The first-order valence-corrected chi connectivity index (χ1v) is 9.33. The Labute approximate surface area is 167 Å². The number of aromatic nitrogens is 1. The van der Waals surface area contributed by atoms with Gasteiger partial charge in [-0.2, -0.15) is 0 Å². The highest BCUT2D eigenvalue weighted by Gasteiger charge is 2.20. The zero-order chi connectivity index (χ0) is 18.7. The van der Waals surface area contributed by atoms with E-state index in [1.54, 1.807) is 23.1 Å². The monoisotopic (exact) mass is 413 g/mol. The molecule has 1 atom stereocenters. The number of morpholine rings is 1. The van der Waals surface area contributed by atoms with Crippen LogP contribution in [-0.4, -0.2) is 42.1 Å². The van der Waals surface area contributed by atoms with E-state index in [1.165, 1.54) is 6.20 Å². The maximum Gasteiger partial charge on any atom is 0.255 e. The summed E-state index contributed by atoms with van der Waals surface area (Å²) in [7, 11) is 0. The fourth-order valence-electron chi connectivity index (χ4n) is 2.75. The molecule has 1 amide bonds. The Kier molecular flexibility index (Phi) is 6.24. The van der Waals surface area contributed by atoms with Gasteiger partial charge in [-0.1, -0.05) is 40.9 Å². The number of hydrogen-bond donors (Lipinski definition) is 1. The highest BCUT2D eigenvalue weighted by molar-refractivity contribution is 6.35. The number of rotatable bonds is 4. The van der Waals surface area contributed by atoms with Gasteiger partial charge in [0.15, 0.2) is 0 Å². The van der Waals surface area contributed by atoms with Crippen LogP contribution in [0, 0.1) is 0 Å². The quantitative estimate of drug-likeness (QED) is 0.789. The Bertz CT molecular complexity index is 810. The average Bonchev–Trinajstić information content (AvgIpc) is 2.63. The Morgan fingerprint density at radius 2 is 1.92 bits per heavy atom. The van der Waals surface area contributed by atoms with Crippen molar-refractivity contribution in [2.75, 3.05) is 31.6 Å². The molecule has 26 heavy (non-hydrogen) atoms. The standard InChI is InChI=1S/C18H18Cl3N3O2/c1-11(14-3-2-13(19)9-15(14)20)23-17-16(21)8-12(10-22-17)18(25)24-4-6-26-7-5-24/h2-3,8-11H,4-7H2,1H3,(H,22,23)/t11-/m0/s1. The third-order valence-corrected chi connectivity index (χ3v) is 5.02. The molecule has 2 aromatic rings. The number of hydrogen-bond acceptors (Lipinski definition) is 4. The fourth-order valence-corrected chi connectivity index (χ4v) is 3.54. The molecule has 138 valence electrons. The van der Waals surface area contributed by atoms with Crippen LogP contribution in [0.2, 0.25) is 15.1 Å². The number of carbonyl (C=O) groups is 1. The first kappa shape index (κ1) is 19.2. The van der Waals surface area contributed by atoms with Gasteiger partial charge < -0.3 is 15.0 Å². The summed E-state index contributed by atoms with van der Waals surface area (Å²) in [6.07, 6.45) is 1.53. The van der Waals surface area contributed by atoms with Gasteiger partial charge in [0, 0.05) is 29.3 Å². The van der Waals surface area contributed by atoms with Crippen LogP contribution in [0.3, 0.4) is 0 Å². The van der Waals surface area contributed by atoms with Crippen molar-refractivity contribution >= 4 is 46.5 Å². The van der Waals surface area contributed by atoms with Gasteiger partial charge in [-0.15, -0.1) is 0 Å². The van der Waals surface area contributed by atoms with Crippen molar-refractivity contribution in [2.45, 2.75) is 13.0 Å². The van der Waals surface area contributed by atoms with Crippen molar-refractivity contribution in [3.05, 3.63) is 56.7 Å². The summed E-state index contributed by atoms with van der Waals surface area (Å²) in [6, 6.07) is 6.82. The van der Waals surface area contributed by atoms with Gasteiger partial charge in [0.1, 0.15) is 5.82 Å². The second-order valence-electron chi connectivity index (χ2n) is 5.99. The Morgan fingerprint density at radius 1 is 1.19 bits per heavy atom. The first-order valence-electron chi connectivity index (χ1n) is 8.20. The largest absolute Gasteiger partial charge is 0.378 e. The van der Waals surface area contributed by atoms with E-state index >= 15 is 0 Å². The van der Waals surface area contributed by atoms with Gasteiger partial charge in [0.2, 0.25) is 0 Å². The Morgan fingerprint density at radius 3 is 2.58 bits per heavy atom. The molecular weight excluding hydrogens is 397 g/mol. The normalized spacial score (nSPS) is 15.6. The minimum Gasteiger partial charge on any atom is -0.378 e. The van der Waals surface area contributed by atoms with Crippen LogP contribution >= 0.6 is 34.8 Å². The molecule has 1 fully saturated rings. The molecule has 8 heteroatoms. The summed E-state index contributed by atoms with van der Waals surface area (Å²) >= 11 is 18.5. The zero-order valence-corrected chi connectivity index (χ0v) is 16.4. The Hall–Kier alpha value is -1.53. The maximum atomic E-state index is 12.5. The molecule has 0 unspecified atom stereocenters. The molecule has 5 nitrogen and oxygen atoms in total. The van der Waals surface area contributed by atoms with Crippen molar-refractivity contribution in [3.63, 3.8) is 0 Å². The number of benzene rings is 1. The minimum absolute atomic E-state index is 0.0944. The third-order valence-electron chi connectivity index (χ3n) is 4.17. The van der Waals surface area contributed by atoms with Crippen LogP contribution in [0.25, 0.3) is 0 Å². The summed E-state index contributed by atoms with van der Waals surface area (Å²) in [5, 5.41) is 4.73. The second-order valence-corrected chi connectivity index (χ2v) is 7.24. The van der Waals surface area contributed by atoms with E-state index in [9.17, 15) is 4.79 Å². The molecule has 1 N–H and O–H groups in total. The highest BCUT2D eigenvalue weighted by atomic mass is 35.5. The summed E-state index contributed by atoms with van der Waals surface area (Å²) in [5.41, 5.74) is 1.34. The number of nitrogens with one attached hydrogen (secondary N) is 1. The van der Waals surface area contributed by atoms with Crippen LogP contribution in [-0.2, 0) is 4.74 Å². The second kappa shape index (κ2) is 8.44. The van der Waals surface area contributed by atoms with Gasteiger partial charge in [-0.3, -0.25) is 4.79 Å². The predicted molar refractivity (Wildman–Crippen MR) is 104 cm³/mol. The predicted octanol–water partition coefficient (Wildman–Crippen LogP) is 4.69. The van der Waals surface area contributed by atoms with E-state index in [0.717, 1.165) is 5.56 Å². The molecule has 0 radical (unpaired) electrons. The third kappa shape index (κ3) is 4.41. The van der Waals surface area contributed by atoms with E-state index in [0.29, 0.717) is 52.8 Å². The number of amides is 1. The maximum absolute atomic E-state index is 12.5. The summed E-state index contributed by atoms with van der Waals surface area (Å²) < 4.78 is 5.27. The van der Waals surface area contributed by atoms with Gasteiger partial charge in [-0.05, 0) is 30.7 Å². The summed E-state index contributed by atoms with van der Waals surface area (Å²) in [6.45, 7) is 4.18. The molecule has 1 aliphatic heterocycles. The lowest BCUT2D eigenvalue weighted by Crippen LogP contribution is -2.40. The number of anilines is 1. The lowest BCUT2D eigenvalue weighted by atomic mass is 10.1. The molecule has 0 saturated carbocycles. The number of pyridine rings is 1. The van der Waals surface area contributed by atoms with E-state index < -0.39 is 0 Å². The number of ether oxygens (including phenoxy) is 1. The molecule has 1 aliphatic rings. The van der Waals surface area contributed by atoms with Crippen LogP contribution in [0.5, 0.6) is 0 Å². The first-order chi connectivity index (χ1) is 12.5. The highest BCUT2D eigenvalue weighted by Crippen LogP contribution is 2.30. The zero-order valence-electron chi connectivity index (χ0n) is 14.1. The molecule has 1 aromatic carbocycles. The molecular formula is C18H18Cl3N3O2. The molecule has 0 aliphatic carbocycles. The van der Waals surface area contributed by atoms with Gasteiger partial charge in [0.25, 0.3) is 5.91 Å². The van der Waals surface area contributed by atoms with Crippen molar-refractivity contribution in [3.8, 4) is 0 Å². The van der Waals surface area contributed by atoms with E-state index in [2.05, 4.69) is 10.3 Å². The van der Waals surface area contributed by atoms with E-state index in [-0.39, 0.29) is 11.9 Å². The number of carbonyl (C=O) groups excluding carboxylic acids is 1. The number of nitrogens with zero attached hydrogens (tertiary/aromatic N) is 2. The summed E-state index contributed by atoms with van der Waals surface area (Å²) in [5.74, 6) is 0.395. The van der Waals surface area contributed by atoms with Crippen LogP contribution in [0.15, 0.2) is 30.5 Å². The minimum atomic E-state index is -0.134. The van der Waals surface area contributed by atoms with Crippen LogP contribution in [0.1, 0.15) is 28.9 Å². The average molecular weight is 415 g/mol.